The molecule has 0 aromatic carbocycles. The number of fused-ring (bicyclic) bond motifs is 1. The van der Waals surface area contributed by atoms with E-state index in [1.165, 1.54) is 49.1 Å². The minimum atomic E-state index is 0.853. The third kappa shape index (κ3) is 3.34. The smallest absolute Gasteiger partial charge is 0.138 e. The van der Waals surface area contributed by atoms with Gasteiger partial charge in [0.2, 0.25) is 0 Å². The number of aromatic nitrogens is 2. The molecule has 1 fully saturated rings. The molecule has 0 amide bonds. The highest BCUT2D eigenvalue weighted by molar-refractivity contribution is 7.99. The molecule has 110 valence electrons. The molecule has 0 atom stereocenters. The van der Waals surface area contributed by atoms with Gasteiger partial charge in [0.05, 0.1) is 11.4 Å². The average Bonchev–Trinajstić information content (AvgIpc) is 2.99. The van der Waals surface area contributed by atoms with Gasteiger partial charge in [-0.25, -0.2) is 9.97 Å². The number of rotatable bonds is 5. The Balaban J connectivity index is 1.74. The molecular weight excluding hydrogens is 266 g/mol. The number of thioether (sulfide) groups is 1. The highest BCUT2D eigenvalue weighted by Gasteiger charge is 2.19. The molecule has 1 aliphatic carbocycles. The molecule has 0 spiro atoms. The van der Waals surface area contributed by atoms with Crippen LogP contribution in [0.1, 0.15) is 61.8 Å². The van der Waals surface area contributed by atoms with Crippen LogP contribution < -0.4 is 5.32 Å². The summed E-state index contributed by atoms with van der Waals surface area (Å²) in [5.41, 5.74) is 3.99. The van der Waals surface area contributed by atoms with Crippen LogP contribution in [0.2, 0.25) is 0 Å². The molecule has 3 rings (SSSR count). The molecule has 4 heteroatoms. The molecule has 20 heavy (non-hydrogen) atoms. The van der Waals surface area contributed by atoms with E-state index < -0.39 is 0 Å². The second-order valence-corrected chi connectivity index (χ2v) is 7.19. The molecule has 2 heterocycles. The first-order valence-corrected chi connectivity index (χ1v) is 9.11. The second kappa shape index (κ2) is 6.90. The van der Waals surface area contributed by atoms with Gasteiger partial charge in [-0.05, 0) is 19.3 Å². The first-order chi connectivity index (χ1) is 9.86. The van der Waals surface area contributed by atoms with E-state index in [4.69, 9.17) is 9.97 Å². The van der Waals surface area contributed by atoms with E-state index in [2.05, 4.69) is 24.0 Å². The van der Waals surface area contributed by atoms with Gasteiger partial charge >= 0.3 is 0 Å². The lowest BCUT2D eigenvalue weighted by atomic mass is 10.0. The first-order valence-electron chi connectivity index (χ1n) is 8.06. The summed E-state index contributed by atoms with van der Waals surface area (Å²) < 4.78 is 0. The van der Waals surface area contributed by atoms with Crippen LogP contribution in [0.25, 0.3) is 0 Å². The summed E-state index contributed by atoms with van der Waals surface area (Å²) >= 11 is 2.07. The average molecular weight is 291 g/mol. The third-order valence-electron chi connectivity index (χ3n) is 4.30. The summed E-state index contributed by atoms with van der Waals surface area (Å²) in [5.74, 6) is 2.08. The van der Waals surface area contributed by atoms with E-state index in [9.17, 15) is 0 Å². The van der Waals surface area contributed by atoms with Crippen molar-refractivity contribution in [3.63, 3.8) is 0 Å². The van der Waals surface area contributed by atoms with E-state index >= 15 is 0 Å². The van der Waals surface area contributed by atoms with E-state index in [-0.39, 0.29) is 0 Å². The Morgan fingerprint density at radius 3 is 2.90 bits per heavy atom. The van der Waals surface area contributed by atoms with Crippen LogP contribution in [0.15, 0.2) is 0 Å². The van der Waals surface area contributed by atoms with Crippen molar-refractivity contribution >= 4 is 11.8 Å². The van der Waals surface area contributed by atoms with Crippen molar-refractivity contribution in [2.75, 3.05) is 6.54 Å². The van der Waals surface area contributed by atoms with Crippen molar-refractivity contribution in [1.82, 2.24) is 15.3 Å². The summed E-state index contributed by atoms with van der Waals surface area (Å²) in [6.07, 6.45) is 8.93. The Morgan fingerprint density at radius 2 is 2.10 bits per heavy atom. The summed E-state index contributed by atoms with van der Waals surface area (Å²) in [6.45, 7) is 4.25. The Bertz CT molecular complexity index is 455. The van der Waals surface area contributed by atoms with Gasteiger partial charge in [-0.2, -0.15) is 11.8 Å². The summed E-state index contributed by atoms with van der Waals surface area (Å²) in [4.78, 5) is 9.71. The van der Waals surface area contributed by atoms with Crippen molar-refractivity contribution in [2.24, 2.45) is 0 Å². The molecule has 0 unspecified atom stereocenters. The van der Waals surface area contributed by atoms with Gasteiger partial charge in [-0.3, -0.25) is 0 Å². The quantitative estimate of drug-likeness (QED) is 0.903. The van der Waals surface area contributed by atoms with Gasteiger partial charge in [0.15, 0.2) is 0 Å². The minimum Gasteiger partial charge on any atom is -0.312 e. The van der Waals surface area contributed by atoms with Crippen LogP contribution in [-0.2, 0) is 25.1 Å². The van der Waals surface area contributed by atoms with E-state index in [0.29, 0.717) is 0 Å². The highest BCUT2D eigenvalue weighted by Crippen LogP contribution is 2.31. The van der Waals surface area contributed by atoms with Gasteiger partial charge in [0.1, 0.15) is 5.82 Å². The maximum Gasteiger partial charge on any atom is 0.138 e. The van der Waals surface area contributed by atoms with Crippen LogP contribution in [0, 0.1) is 0 Å². The number of nitrogens with zero attached hydrogens (tertiary/aromatic N) is 2. The van der Waals surface area contributed by atoms with Gasteiger partial charge in [-0.15, -0.1) is 0 Å². The van der Waals surface area contributed by atoms with E-state index in [0.717, 1.165) is 42.8 Å². The fourth-order valence-corrected chi connectivity index (χ4v) is 4.41. The molecular formula is C16H25N3S. The fourth-order valence-electron chi connectivity index (χ4n) is 3.22. The highest BCUT2D eigenvalue weighted by atomic mass is 32.2. The Kier molecular flexibility index (Phi) is 4.94. The molecule has 2 aliphatic rings. The SMILES string of the molecule is CCCc1nc(CSC2CCCC2)nc2c1CNCC2. The third-order valence-corrected chi connectivity index (χ3v) is 5.67. The van der Waals surface area contributed by atoms with E-state index in [1.54, 1.807) is 0 Å². The van der Waals surface area contributed by atoms with Crippen LogP contribution >= 0.6 is 11.8 Å². The molecule has 1 aliphatic heterocycles. The maximum atomic E-state index is 4.86. The minimum absolute atomic E-state index is 0.853. The zero-order valence-electron chi connectivity index (χ0n) is 12.5. The summed E-state index contributed by atoms with van der Waals surface area (Å²) in [5, 5.41) is 4.30. The normalized spacial score (nSPS) is 19.2. The van der Waals surface area contributed by atoms with Crippen molar-refractivity contribution < 1.29 is 0 Å². The van der Waals surface area contributed by atoms with Crippen LogP contribution in [-0.4, -0.2) is 21.8 Å². The number of hydrogen-bond acceptors (Lipinski definition) is 4. The maximum absolute atomic E-state index is 4.86. The summed E-state index contributed by atoms with van der Waals surface area (Å²) in [6, 6.07) is 0. The zero-order valence-corrected chi connectivity index (χ0v) is 13.3. The summed E-state index contributed by atoms with van der Waals surface area (Å²) in [7, 11) is 0. The lowest BCUT2D eigenvalue weighted by Crippen LogP contribution is -2.27. The lowest BCUT2D eigenvalue weighted by Gasteiger charge is -2.20. The lowest BCUT2D eigenvalue weighted by molar-refractivity contribution is 0.610. The fraction of sp³-hybridized carbons (Fsp3) is 0.750. The molecule has 1 aromatic rings. The first kappa shape index (κ1) is 14.3. The molecule has 0 radical (unpaired) electrons. The molecule has 0 saturated heterocycles. The topological polar surface area (TPSA) is 37.8 Å². The molecule has 0 bridgehead atoms. The Morgan fingerprint density at radius 1 is 1.25 bits per heavy atom. The van der Waals surface area contributed by atoms with Crippen molar-refractivity contribution in [3.05, 3.63) is 22.8 Å². The van der Waals surface area contributed by atoms with E-state index in [1.807, 2.05) is 0 Å². The molecule has 1 aromatic heterocycles. The van der Waals surface area contributed by atoms with Gasteiger partial charge < -0.3 is 5.32 Å². The van der Waals surface area contributed by atoms with Gasteiger partial charge in [0.25, 0.3) is 0 Å². The van der Waals surface area contributed by atoms with Gasteiger partial charge in [-0.1, -0.05) is 26.2 Å². The van der Waals surface area contributed by atoms with Crippen LogP contribution in [0.4, 0.5) is 0 Å². The molecule has 3 nitrogen and oxygen atoms in total. The van der Waals surface area contributed by atoms with Crippen molar-refractivity contribution in [3.8, 4) is 0 Å². The van der Waals surface area contributed by atoms with Crippen LogP contribution in [0.3, 0.4) is 0 Å². The number of aryl methyl sites for hydroxylation is 1. The number of nitrogens with one attached hydrogen (secondary N) is 1. The standard InChI is InChI=1S/C16H25N3S/c1-2-5-14-13-10-17-9-8-15(13)19-16(18-14)11-20-12-6-3-4-7-12/h12,17H,2-11H2,1H3. The predicted octanol–water partition coefficient (Wildman–Crippen LogP) is 3.25. The van der Waals surface area contributed by atoms with Crippen molar-refractivity contribution in [1.29, 1.82) is 0 Å². The Hall–Kier alpha value is -0.610. The monoisotopic (exact) mass is 291 g/mol. The zero-order chi connectivity index (χ0) is 13.8. The Labute approximate surface area is 126 Å². The van der Waals surface area contributed by atoms with Gasteiger partial charge in [0, 0.05) is 36.0 Å². The largest absolute Gasteiger partial charge is 0.312 e. The van der Waals surface area contributed by atoms with Crippen molar-refractivity contribution in [2.45, 2.75) is 69.4 Å². The van der Waals surface area contributed by atoms with Crippen LogP contribution in [0.5, 0.6) is 0 Å². The second-order valence-electron chi connectivity index (χ2n) is 5.91. The molecule has 1 N–H and O–H groups in total. The molecule has 1 saturated carbocycles. The predicted molar refractivity (Wildman–Crippen MR) is 85.0 cm³/mol. The number of hydrogen-bond donors (Lipinski definition) is 1.